The molecular weight excluding hydrogens is 340 g/mol. The highest BCUT2D eigenvalue weighted by atomic mass is 32.1. The highest BCUT2D eigenvalue weighted by Crippen LogP contribution is 2.22. The van der Waals surface area contributed by atoms with Crippen LogP contribution in [0.15, 0.2) is 30.3 Å². The summed E-state index contributed by atoms with van der Waals surface area (Å²) in [4.78, 5) is 30.0. The number of hydrogen-bond donors (Lipinski definition) is 0. The Balaban J connectivity index is 1.51. The van der Waals surface area contributed by atoms with Gasteiger partial charge in [0.25, 0.3) is 5.91 Å². The second kappa shape index (κ2) is 7.76. The van der Waals surface area contributed by atoms with E-state index in [2.05, 4.69) is 4.98 Å². The molecule has 0 bridgehead atoms. The topological polar surface area (TPSA) is 68.7 Å². The zero-order valence-corrected chi connectivity index (χ0v) is 15.0. The van der Waals surface area contributed by atoms with E-state index in [1.54, 1.807) is 11.0 Å². The number of fused-ring (bicyclic) bond motifs is 1. The Labute approximate surface area is 150 Å². The molecule has 3 rings (SSSR count). The molecule has 0 saturated carbocycles. The summed E-state index contributed by atoms with van der Waals surface area (Å²) in [5.74, 6) is -0.759. The highest BCUT2D eigenvalue weighted by molar-refractivity contribution is 7.19. The van der Waals surface area contributed by atoms with Gasteiger partial charge in [0.15, 0.2) is 6.61 Å². The molecule has 0 N–H and O–H groups in total. The van der Waals surface area contributed by atoms with Gasteiger partial charge in [-0.1, -0.05) is 12.1 Å². The number of aromatic nitrogens is 1. The number of carbonyl (C=O) groups excluding carboxylic acids is 2. The van der Waals surface area contributed by atoms with Gasteiger partial charge in [0.2, 0.25) is 0 Å². The molecule has 1 aromatic carbocycles. The van der Waals surface area contributed by atoms with Gasteiger partial charge in [-0.3, -0.25) is 4.79 Å². The van der Waals surface area contributed by atoms with Crippen molar-refractivity contribution in [2.75, 3.05) is 19.7 Å². The maximum Gasteiger partial charge on any atom is 0.331 e. The molecule has 2 atom stereocenters. The molecule has 1 amide bonds. The van der Waals surface area contributed by atoms with Crippen molar-refractivity contribution in [2.45, 2.75) is 26.1 Å². The minimum Gasteiger partial charge on any atom is -0.452 e. The Hall–Kier alpha value is -2.25. The third-order valence-corrected chi connectivity index (χ3v) is 4.78. The van der Waals surface area contributed by atoms with Crippen molar-refractivity contribution in [2.24, 2.45) is 0 Å². The van der Waals surface area contributed by atoms with Crippen molar-refractivity contribution < 1.29 is 19.1 Å². The lowest BCUT2D eigenvalue weighted by Crippen LogP contribution is -2.49. The van der Waals surface area contributed by atoms with Gasteiger partial charge in [-0.25, -0.2) is 9.78 Å². The van der Waals surface area contributed by atoms with E-state index in [9.17, 15) is 9.59 Å². The van der Waals surface area contributed by atoms with Crippen LogP contribution in [0, 0.1) is 0 Å². The van der Waals surface area contributed by atoms with Crippen LogP contribution in [-0.2, 0) is 19.1 Å². The summed E-state index contributed by atoms with van der Waals surface area (Å²) in [6, 6.07) is 7.76. The number of thiazole rings is 1. The smallest absolute Gasteiger partial charge is 0.331 e. The van der Waals surface area contributed by atoms with Gasteiger partial charge in [0.1, 0.15) is 5.01 Å². The molecule has 25 heavy (non-hydrogen) atoms. The first kappa shape index (κ1) is 17.6. The molecule has 2 aromatic rings. The maximum absolute atomic E-state index is 12.1. The summed E-state index contributed by atoms with van der Waals surface area (Å²) in [6.07, 6.45) is 2.89. The molecule has 6 nitrogen and oxygen atoms in total. The quantitative estimate of drug-likeness (QED) is 0.619. The highest BCUT2D eigenvalue weighted by Gasteiger charge is 2.26. The molecule has 1 fully saturated rings. The fraction of sp³-hybridized carbons (Fsp3) is 0.389. The van der Waals surface area contributed by atoms with Gasteiger partial charge >= 0.3 is 5.97 Å². The molecule has 0 unspecified atom stereocenters. The predicted octanol–water partition coefficient (Wildman–Crippen LogP) is 2.49. The molecule has 7 heteroatoms. The van der Waals surface area contributed by atoms with Gasteiger partial charge in [0, 0.05) is 19.2 Å². The molecule has 0 spiro atoms. The number of morpholine rings is 1. The summed E-state index contributed by atoms with van der Waals surface area (Å²) in [5.41, 5.74) is 0.895. The molecule has 1 aliphatic rings. The first-order valence-electron chi connectivity index (χ1n) is 8.15. The van der Waals surface area contributed by atoms with Crippen LogP contribution in [0.1, 0.15) is 18.9 Å². The maximum atomic E-state index is 12.1. The monoisotopic (exact) mass is 360 g/mol. The number of para-hydroxylation sites is 1. The molecule has 132 valence electrons. The zero-order valence-electron chi connectivity index (χ0n) is 14.2. The molecule has 1 saturated heterocycles. The lowest BCUT2D eigenvalue weighted by atomic mass is 10.2. The summed E-state index contributed by atoms with van der Waals surface area (Å²) in [5, 5.41) is 0.723. The van der Waals surface area contributed by atoms with Gasteiger partial charge < -0.3 is 14.4 Å². The Kier molecular flexibility index (Phi) is 5.45. The molecule has 1 aromatic heterocycles. The predicted molar refractivity (Wildman–Crippen MR) is 96.2 cm³/mol. The molecular formula is C18H20N2O4S. The van der Waals surface area contributed by atoms with Gasteiger partial charge in [-0.15, -0.1) is 11.3 Å². The first-order valence-corrected chi connectivity index (χ1v) is 8.96. The lowest BCUT2D eigenvalue weighted by Gasteiger charge is -2.35. The van der Waals surface area contributed by atoms with Gasteiger partial charge in [0.05, 0.1) is 22.4 Å². The van der Waals surface area contributed by atoms with Gasteiger partial charge in [-0.05, 0) is 32.1 Å². The van der Waals surface area contributed by atoms with E-state index in [1.807, 2.05) is 38.1 Å². The van der Waals surface area contributed by atoms with Crippen LogP contribution in [0.3, 0.4) is 0 Å². The Morgan fingerprint density at radius 2 is 2.04 bits per heavy atom. The van der Waals surface area contributed by atoms with Crippen LogP contribution in [0.25, 0.3) is 16.3 Å². The fourth-order valence-electron chi connectivity index (χ4n) is 2.75. The van der Waals surface area contributed by atoms with E-state index in [0.717, 1.165) is 15.2 Å². The summed E-state index contributed by atoms with van der Waals surface area (Å²) in [7, 11) is 0. The van der Waals surface area contributed by atoms with Crippen molar-refractivity contribution >= 4 is 39.5 Å². The summed E-state index contributed by atoms with van der Waals surface area (Å²) >= 11 is 1.49. The van der Waals surface area contributed by atoms with Crippen LogP contribution in [0.4, 0.5) is 0 Å². The minimum atomic E-state index is -0.554. The van der Waals surface area contributed by atoms with E-state index < -0.39 is 5.97 Å². The third-order valence-electron chi connectivity index (χ3n) is 3.78. The van der Waals surface area contributed by atoms with Crippen molar-refractivity contribution in [3.05, 3.63) is 35.3 Å². The molecule has 2 heterocycles. The standard InChI is InChI=1S/C18H20N2O4S/c1-12-9-20(10-13(2)24-12)17(21)11-23-18(22)8-7-16-19-14-5-3-4-6-15(14)25-16/h3-8,12-13H,9-11H2,1-2H3/b8-7+/t12-,13-/m1/s1. The van der Waals surface area contributed by atoms with Crippen molar-refractivity contribution in [1.29, 1.82) is 0 Å². The van der Waals surface area contributed by atoms with E-state index in [-0.39, 0.29) is 24.7 Å². The van der Waals surface area contributed by atoms with Crippen LogP contribution in [0.5, 0.6) is 0 Å². The number of rotatable bonds is 4. The SMILES string of the molecule is C[C@@H]1CN(C(=O)COC(=O)/C=C/c2nc3ccccc3s2)C[C@@H](C)O1. The minimum absolute atomic E-state index is 0.0117. The number of ether oxygens (including phenoxy) is 2. The van der Waals surface area contributed by atoms with Gasteiger partial charge in [-0.2, -0.15) is 0 Å². The summed E-state index contributed by atoms with van der Waals surface area (Å²) < 4.78 is 11.7. The lowest BCUT2D eigenvalue weighted by molar-refractivity contribution is -0.154. The average molecular weight is 360 g/mol. The fourth-order valence-corrected chi connectivity index (χ4v) is 3.62. The second-order valence-electron chi connectivity index (χ2n) is 6.02. The Morgan fingerprint density at radius 1 is 1.32 bits per heavy atom. The van der Waals surface area contributed by atoms with Crippen molar-refractivity contribution in [3.63, 3.8) is 0 Å². The largest absolute Gasteiger partial charge is 0.452 e. The van der Waals surface area contributed by atoms with E-state index in [4.69, 9.17) is 9.47 Å². The normalized spacial score (nSPS) is 21.0. The first-order chi connectivity index (χ1) is 12.0. The number of nitrogens with zero attached hydrogens (tertiary/aromatic N) is 2. The number of benzene rings is 1. The number of carbonyl (C=O) groups is 2. The Bertz CT molecular complexity index is 758. The number of amides is 1. The van der Waals surface area contributed by atoms with Crippen LogP contribution >= 0.6 is 11.3 Å². The van der Waals surface area contributed by atoms with Crippen molar-refractivity contribution in [3.8, 4) is 0 Å². The second-order valence-corrected chi connectivity index (χ2v) is 7.08. The average Bonchev–Trinajstić information content (AvgIpc) is 3.00. The van der Waals surface area contributed by atoms with Crippen LogP contribution in [-0.4, -0.2) is 53.7 Å². The van der Waals surface area contributed by atoms with E-state index >= 15 is 0 Å². The van der Waals surface area contributed by atoms with Crippen LogP contribution < -0.4 is 0 Å². The number of hydrogen-bond acceptors (Lipinski definition) is 6. The van der Waals surface area contributed by atoms with E-state index in [1.165, 1.54) is 17.4 Å². The summed E-state index contributed by atoms with van der Waals surface area (Å²) in [6.45, 7) is 4.61. The van der Waals surface area contributed by atoms with Crippen LogP contribution in [0.2, 0.25) is 0 Å². The molecule has 1 aliphatic heterocycles. The molecule has 0 aliphatic carbocycles. The van der Waals surface area contributed by atoms with E-state index in [0.29, 0.717) is 13.1 Å². The van der Waals surface area contributed by atoms with Crippen molar-refractivity contribution in [1.82, 2.24) is 9.88 Å². The third kappa shape index (κ3) is 4.64. The Morgan fingerprint density at radius 3 is 2.76 bits per heavy atom. The number of esters is 1. The zero-order chi connectivity index (χ0) is 17.8. The molecule has 0 radical (unpaired) electrons.